The van der Waals surface area contributed by atoms with Crippen LogP contribution in [0.2, 0.25) is 0 Å². The third kappa shape index (κ3) is 2.94. The van der Waals surface area contributed by atoms with Gasteiger partial charge in [0.15, 0.2) is 0 Å². The van der Waals surface area contributed by atoms with Crippen LogP contribution < -0.4 is 11.1 Å². The van der Waals surface area contributed by atoms with Crippen LogP contribution in [0.15, 0.2) is 18.2 Å². The quantitative estimate of drug-likeness (QED) is 0.819. The summed E-state index contributed by atoms with van der Waals surface area (Å²) in [4.78, 5) is 38.6. The van der Waals surface area contributed by atoms with Crippen molar-refractivity contribution in [2.45, 2.75) is 57.7 Å². The predicted molar refractivity (Wildman–Crippen MR) is 89.5 cm³/mol. The van der Waals surface area contributed by atoms with E-state index >= 15 is 0 Å². The van der Waals surface area contributed by atoms with Crippen LogP contribution in [0.5, 0.6) is 0 Å². The molecule has 3 rings (SSSR count). The van der Waals surface area contributed by atoms with Crippen LogP contribution in [0.3, 0.4) is 0 Å². The summed E-state index contributed by atoms with van der Waals surface area (Å²) < 4.78 is 0. The molecule has 0 saturated heterocycles. The zero-order valence-corrected chi connectivity index (χ0v) is 14.0. The van der Waals surface area contributed by atoms with Crippen molar-refractivity contribution in [2.24, 2.45) is 5.73 Å². The monoisotopic (exact) mass is 329 g/mol. The first kappa shape index (κ1) is 16.6. The van der Waals surface area contributed by atoms with Gasteiger partial charge in [-0.2, -0.15) is 0 Å². The number of rotatable bonds is 3. The SMILES string of the molecule is Cc1ccc2c(c1)C(=O)N(C(C)C(=O)NC1CCC(N)CC1)C2=O. The second-order valence-electron chi connectivity index (χ2n) is 6.83. The molecule has 3 amide bonds. The van der Waals surface area contributed by atoms with E-state index in [-0.39, 0.29) is 18.0 Å². The maximum absolute atomic E-state index is 12.5. The summed E-state index contributed by atoms with van der Waals surface area (Å²) in [6, 6.07) is 4.59. The van der Waals surface area contributed by atoms with E-state index in [1.165, 1.54) is 0 Å². The molecule has 2 aliphatic rings. The summed E-state index contributed by atoms with van der Waals surface area (Å²) in [6.45, 7) is 3.46. The van der Waals surface area contributed by atoms with E-state index < -0.39 is 17.9 Å². The Hall–Kier alpha value is -2.21. The van der Waals surface area contributed by atoms with Gasteiger partial charge in [-0.3, -0.25) is 19.3 Å². The smallest absolute Gasteiger partial charge is 0.262 e. The van der Waals surface area contributed by atoms with Crippen LogP contribution in [0.4, 0.5) is 0 Å². The molecule has 1 aromatic carbocycles. The van der Waals surface area contributed by atoms with Crippen molar-refractivity contribution in [1.29, 1.82) is 0 Å². The summed E-state index contributed by atoms with van der Waals surface area (Å²) in [5.41, 5.74) is 7.53. The summed E-state index contributed by atoms with van der Waals surface area (Å²) in [7, 11) is 0. The number of nitrogens with zero attached hydrogens (tertiary/aromatic N) is 1. The summed E-state index contributed by atoms with van der Waals surface area (Å²) >= 11 is 0. The van der Waals surface area contributed by atoms with E-state index in [1.807, 2.05) is 6.92 Å². The highest BCUT2D eigenvalue weighted by atomic mass is 16.2. The van der Waals surface area contributed by atoms with Gasteiger partial charge in [0.05, 0.1) is 11.1 Å². The fraction of sp³-hybridized carbons (Fsp3) is 0.500. The number of amides is 3. The van der Waals surface area contributed by atoms with Gasteiger partial charge in [-0.05, 0) is 51.7 Å². The molecule has 6 heteroatoms. The zero-order chi connectivity index (χ0) is 17.4. The summed E-state index contributed by atoms with van der Waals surface area (Å²) in [6.07, 6.45) is 3.43. The van der Waals surface area contributed by atoms with Crippen LogP contribution in [0.25, 0.3) is 0 Å². The highest BCUT2D eigenvalue weighted by Gasteiger charge is 2.41. The molecule has 0 spiro atoms. The van der Waals surface area contributed by atoms with E-state index in [1.54, 1.807) is 25.1 Å². The minimum Gasteiger partial charge on any atom is -0.352 e. The Bertz CT molecular complexity index is 693. The lowest BCUT2D eigenvalue weighted by Gasteiger charge is -2.29. The predicted octanol–water partition coefficient (Wildman–Crippen LogP) is 1.37. The highest BCUT2D eigenvalue weighted by molar-refractivity contribution is 6.22. The molecule has 0 bridgehead atoms. The summed E-state index contributed by atoms with van der Waals surface area (Å²) in [5, 5.41) is 2.95. The van der Waals surface area contributed by atoms with E-state index in [2.05, 4.69) is 5.32 Å². The number of hydrogen-bond acceptors (Lipinski definition) is 4. The number of hydrogen-bond donors (Lipinski definition) is 2. The van der Waals surface area contributed by atoms with E-state index in [0.29, 0.717) is 11.1 Å². The van der Waals surface area contributed by atoms with Crippen LogP contribution in [-0.2, 0) is 4.79 Å². The van der Waals surface area contributed by atoms with Gasteiger partial charge < -0.3 is 11.1 Å². The number of carbonyl (C=O) groups excluding carboxylic acids is 3. The van der Waals surface area contributed by atoms with Gasteiger partial charge in [-0.25, -0.2) is 0 Å². The lowest BCUT2D eigenvalue weighted by molar-refractivity contribution is -0.125. The summed E-state index contributed by atoms with van der Waals surface area (Å²) in [5.74, 6) is -1.09. The Morgan fingerprint density at radius 1 is 1.17 bits per heavy atom. The average molecular weight is 329 g/mol. The molecule has 1 aromatic rings. The van der Waals surface area contributed by atoms with Gasteiger partial charge in [0.1, 0.15) is 6.04 Å². The largest absolute Gasteiger partial charge is 0.352 e. The van der Waals surface area contributed by atoms with E-state index in [4.69, 9.17) is 5.73 Å². The van der Waals surface area contributed by atoms with Crippen molar-refractivity contribution >= 4 is 17.7 Å². The van der Waals surface area contributed by atoms with Crippen LogP contribution in [0.1, 0.15) is 58.9 Å². The third-order valence-electron chi connectivity index (χ3n) is 4.96. The van der Waals surface area contributed by atoms with Gasteiger partial charge in [-0.1, -0.05) is 11.6 Å². The molecule has 1 saturated carbocycles. The molecule has 6 nitrogen and oxygen atoms in total. The number of benzene rings is 1. The van der Waals surface area contributed by atoms with Gasteiger partial charge in [0, 0.05) is 12.1 Å². The molecule has 24 heavy (non-hydrogen) atoms. The maximum atomic E-state index is 12.5. The topological polar surface area (TPSA) is 92.5 Å². The average Bonchev–Trinajstić information content (AvgIpc) is 2.79. The number of carbonyl (C=O) groups is 3. The molecule has 1 atom stereocenters. The van der Waals surface area contributed by atoms with Crippen molar-refractivity contribution in [3.05, 3.63) is 34.9 Å². The Kier molecular flexibility index (Phi) is 4.41. The maximum Gasteiger partial charge on any atom is 0.262 e. The van der Waals surface area contributed by atoms with Crippen molar-refractivity contribution in [3.63, 3.8) is 0 Å². The number of aryl methyl sites for hydroxylation is 1. The number of nitrogens with two attached hydrogens (primary N) is 1. The molecular weight excluding hydrogens is 306 g/mol. The van der Waals surface area contributed by atoms with Gasteiger partial charge in [-0.15, -0.1) is 0 Å². The van der Waals surface area contributed by atoms with Gasteiger partial charge >= 0.3 is 0 Å². The molecule has 0 radical (unpaired) electrons. The molecule has 1 unspecified atom stereocenters. The van der Waals surface area contributed by atoms with E-state index in [0.717, 1.165) is 36.1 Å². The van der Waals surface area contributed by atoms with Gasteiger partial charge in [0.2, 0.25) is 5.91 Å². The van der Waals surface area contributed by atoms with E-state index in [9.17, 15) is 14.4 Å². The lowest BCUT2D eigenvalue weighted by Crippen LogP contribution is -2.51. The normalized spacial score (nSPS) is 24.7. The number of imide groups is 1. The number of fused-ring (bicyclic) bond motifs is 1. The minimum atomic E-state index is -0.826. The molecule has 3 N–H and O–H groups in total. The second kappa shape index (κ2) is 6.36. The van der Waals surface area contributed by atoms with Crippen molar-refractivity contribution in [1.82, 2.24) is 10.2 Å². The molecule has 0 aromatic heterocycles. The Labute approximate surface area is 141 Å². The number of nitrogens with one attached hydrogen (secondary N) is 1. The fourth-order valence-corrected chi connectivity index (χ4v) is 3.43. The van der Waals surface area contributed by atoms with Crippen molar-refractivity contribution in [3.8, 4) is 0 Å². The molecule has 128 valence electrons. The Morgan fingerprint density at radius 2 is 1.79 bits per heavy atom. The standard InChI is InChI=1S/C18H23N3O3/c1-10-3-8-14-15(9-10)18(24)21(17(14)23)11(2)16(22)20-13-6-4-12(19)5-7-13/h3,8-9,11-13H,4-7,19H2,1-2H3,(H,20,22). The van der Waals surface area contributed by atoms with Crippen molar-refractivity contribution < 1.29 is 14.4 Å². The zero-order valence-electron chi connectivity index (χ0n) is 14.0. The first-order valence-electron chi connectivity index (χ1n) is 8.43. The second-order valence-corrected chi connectivity index (χ2v) is 6.83. The molecule has 1 fully saturated rings. The van der Waals surface area contributed by atoms with Gasteiger partial charge in [0.25, 0.3) is 11.8 Å². The van der Waals surface area contributed by atoms with Crippen LogP contribution in [-0.4, -0.2) is 40.7 Å². The first-order valence-corrected chi connectivity index (χ1v) is 8.43. The van der Waals surface area contributed by atoms with Crippen LogP contribution in [0, 0.1) is 6.92 Å². The molecule has 1 aliphatic heterocycles. The minimum absolute atomic E-state index is 0.0668. The molecular formula is C18H23N3O3. The third-order valence-corrected chi connectivity index (χ3v) is 4.96. The van der Waals surface area contributed by atoms with Crippen LogP contribution >= 0.6 is 0 Å². The fourth-order valence-electron chi connectivity index (χ4n) is 3.43. The highest BCUT2D eigenvalue weighted by Crippen LogP contribution is 2.26. The first-order chi connectivity index (χ1) is 11.4. The molecule has 1 aliphatic carbocycles. The Balaban J connectivity index is 1.71. The molecule has 1 heterocycles. The Morgan fingerprint density at radius 3 is 2.46 bits per heavy atom. The van der Waals surface area contributed by atoms with Crippen molar-refractivity contribution in [2.75, 3.05) is 0 Å². The lowest BCUT2D eigenvalue weighted by atomic mass is 9.91.